The molecule has 2 fully saturated rings. The van der Waals surface area contributed by atoms with Crippen LogP contribution in [0, 0.1) is 11.8 Å². The highest BCUT2D eigenvalue weighted by Crippen LogP contribution is 2.34. The number of carbonyl (C=O) groups excluding carboxylic acids is 1. The molecule has 20 heavy (non-hydrogen) atoms. The molecule has 116 valence electrons. The minimum Gasteiger partial charge on any atom is -0.351 e. The van der Waals surface area contributed by atoms with E-state index in [4.69, 9.17) is 11.5 Å². The average Bonchev–Trinajstić information content (AvgIpc) is 2.45. The fourth-order valence-corrected chi connectivity index (χ4v) is 4.21. The first-order chi connectivity index (χ1) is 9.59. The van der Waals surface area contributed by atoms with Gasteiger partial charge >= 0.3 is 6.03 Å². The second-order valence-electron chi connectivity index (χ2n) is 6.86. The Morgan fingerprint density at radius 3 is 2.40 bits per heavy atom. The van der Waals surface area contributed by atoms with Crippen molar-refractivity contribution in [1.82, 2.24) is 4.90 Å². The van der Waals surface area contributed by atoms with E-state index in [-0.39, 0.29) is 18.1 Å². The van der Waals surface area contributed by atoms with Crippen molar-refractivity contribution in [3.8, 4) is 0 Å². The lowest BCUT2D eigenvalue weighted by Gasteiger charge is -2.42. The van der Waals surface area contributed by atoms with Crippen molar-refractivity contribution in [1.29, 1.82) is 0 Å². The summed E-state index contributed by atoms with van der Waals surface area (Å²) in [5, 5.41) is 0. The number of carbonyl (C=O) groups is 1. The molecule has 0 aromatic heterocycles. The van der Waals surface area contributed by atoms with Crippen molar-refractivity contribution in [3.63, 3.8) is 0 Å². The molecule has 2 rings (SSSR count). The zero-order chi connectivity index (χ0) is 14.5. The molecule has 2 aliphatic rings. The lowest BCUT2D eigenvalue weighted by Crippen LogP contribution is -2.53. The van der Waals surface area contributed by atoms with Gasteiger partial charge in [0.05, 0.1) is 0 Å². The van der Waals surface area contributed by atoms with Gasteiger partial charge < -0.3 is 16.4 Å². The SMILES string of the molecule is C[C@@H](N)[C@H](CC1CCCCC1)C1CCCCN1C(N)=O. The van der Waals surface area contributed by atoms with E-state index in [1.807, 2.05) is 4.90 Å². The zero-order valence-corrected chi connectivity index (χ0v) is 12.9. The van der Waals surface area contributed by atoms with Crippen molar-refractivity contribution in [3.05, 3.63) is 0 Å². The number of likely N-dealkylation sites (tertiary alicyclic amines) is 1. The van der Waals surface area contributed by atoms with Crippen molar-refractivity contribution in [2.75, 3.05) is 6.54 Å². The molecule has 1 saturated carbocycles. The first-order valence-electron chi connectivity index (χ1n) is 8.41. The second-order valence-corrected chi connectivity index (χ2v) is 6.86. The summed E-state index contributed by atoms with van der Waals surface area (Å²) in [7, 11) is 0. The van der Waals surface area contributed by atoms with E-state index in [9.17, 15) is 4.79 Å². The van der Waals surface area contributed by atoms with E-state index in [1.165, 1.54) is 44.9 Å². The lowest BCUT2D eigenvalue weighted by molar-refractivity contribution is 0.0986. The Hall–Kier alpha value is -0.770. The van der Waals surface area contributed by atoms with Gasteiger partial charge in [-0.2, -0.15) is 0 Å². The third-order valence-corrected chi connectivity index (χ3v) is 5.33. The third kappa shape index (κ3) is 3.87. The molecule has 4 nitrogen and oxygen atoms in total. The number of nitrogens with zero attached hydrogens (tertiary/aromatic N) is 1. The van der Waals surface area contributed by atoms with Crippen molar-refractivity contribution in [2.24, 2.45) is 23.3 Å². The molecule has 0 spiro atoms. The normalized spacial score (nSPS) is 28.1. The molecule has 1 unspecified atom stereocenters. The van der Waals surface area contributed by atoms with Crippen molar-refractivity contribution in [2.45, 2.75) is 76.8 Å². The molecule has 4 N–H and O–H groups in total. The maximum atomic E-state index is 11.7. The molecule has 3 atom stereocenters. The predicted octanol–water partition coefficient (Wildman–Crippen LogP) is 2.85. The number of nitrogens with two attached hydrogens (primary N) is 2. The van der Waals surface area contributed by atoms with Gasteiger partial charge in [0.2, 0.25) is 0 Å². The molecule has 0 aromatic rings. The van der Waals surface area contributed by atoms with Crippen LogP contribution in [0.4, 0.5) is 4.79 Å². The first kappa shape index (κ1) is 15.6. The molecule has 2 amide bonds. The molecule has 0 aromatic carbocycles. The van der Waals surface area contributed by atoms with E-state index in [1.54, 1.807) is 0 Å². The Balaban J connectivity index is 2.03. The molecular weight excluding hydrogens is 250 g/mol. The van der Waals surface area contributed by atoms with Gasteiger partial charge in [-0.1, -0.05) is 32.1 Å². The van der Waals surface area contributed by atoms with Crippen LogP contribution in [-0.2, 0) is 0 Å². The summed E-state index contributed by atoms with van der Waals surface area (Å²) in [6.45, 7) is 2.91. The summed E-state index contributed by atoms with van der Waals surface area (Å²) in [5.41, 5.74) is 11.8. The Morgan fingerprint density at radius 1 is 1.15 bits per heavy atom. The number of primary amides is 1. The van der Waals surface area contributed by atoms with E-state index in [0.717, 1.165) is 25.3 Å². The van der Waals surface area contributed by atoms with Gasteiger partial charge in [0.25, 0.3) is 0 Å². The topological polar surface area (TPSA) is 72.3 Å². The number of hydrogen-bond acceptors (Lipinski definition) is 2. The van der Waals surface area contributed by atoms with Crippen molar-refractivity contribution >= 4 is 6.03 Å². The molecule has 1 aliphatic carbocycles. The smallest absolute Gasteiger partial charge is 0.315 e. The van der Waals surface area contributed by atoms with Gasteiger partial charge in [-0.25, -0.2) is 4.79 Å². The van der Waals surface area contributed by atoms with Crippen LogP contribution in [0.15, 0.2) is 0 Å². The molecule has 1 heterocycles. The molecule has 1 saturated heterocycles. The van der Waals surface area contributed by atoms with E-state index >= 15 is 0 Å². The predicted molar refractivity (Wildman–Crippen MR) is 82.3 cm³/mol. The van der Waals surface area contributed by atoms with Crippen LogP contribution in [0.5, 0.6) is 0 Å². The molecule has 0 bridgehead atoms. The fraction of sp³-hybridized carbons (Fsp3) is 0.938. The van der Waals surface area contributed by atoms with E-state index in [0.29, 0.717) is 5.92 Å². The van der Waals surface area contributed by atoms with Crippen LogP contribution in [-0.4, -0.2) is 29.6 Å². The maximum absolute atomic E-state index is 11.7. The van der Waals surface area contributed by atoms with Crippen LogP contribution in [0.2, 0.25) is 0 Å². The maximum Gasteiger partial charge on any atom is 0.315 e. The number of piperidine rings is 1. The number of urea groups is 1. The van der Waals surface area contributed by atoms with Crippen molar-refractivity contribution < 1.29 is 4.79 Å². The van der Waals surface area contributed by atoms with Gasteiger partial charge in [-0.15, -0.1) is 0 Å². The van der Waals surface area contributed by atoms with Crippen LogP contribution in [0.3, 0.4) is 0 Å². The minimum atomic E-state index is -0.260. The standard InChI is InChI=1S/C16H31N3O/c1-12(17)14(11-13-7-3-2-4-8-13)15-9-5-6-10-19(15)16(18)20/h12-15H,2-11,17H2,1H3,(H2,18,20)/t12-,14+,15?/m1/s1. The average molecular weight is 281 g/mol. The highest BCUT2D eigenvalue weighted by Gasteiger charge is 2.35. The summed E-state index contributed by atoms with van der Waals surface area (Å²) in [6, 6.07) is 0.147. The number of hydrogen-bond donors (Lipinski definition) is 2. The summed E-state index contributed by atoms with van der Waals surface area (Å²) < 4.78 is 0. The van der Waals surface area contributed by atoms with Gasteiger partial charge in [-0.05, 0) is 44.4 Å². The van der Waals surface area contributed by atoms with Gasteiger partial charge in [0.15, 0.2) is 0 Å². The first-order valence-corrected chi connectivity index (χ1v) is 8.41. The summed E-state index contributed by atoms with van der Waals surface area (Å²) in [6.07, 6.45) is 11.3. The summed E-state index contributed by atoms with van der Waals surface area (Å²) >= 11 is 0. The van der Waals surface area contributed by atoms with Gasteiger partial charge in [0, 0.05) is 18.6 Å². The quantitative estimate of drug-likeness (QED) is 0.831. The monoisotopic (exact) mass is 281 g/mol. The second kappa shape index (κ2) is 7.30. The third-order valence-electron chi connectivity index (χ3n) is 5.33. The Morgan fingerprint density at radius 2 is 1.80 bits per heavy atom. The van der Waals surface area contributed by atoms with Crippen LogP contribution >= 0.6 is 0 Å². The molecule has 1 aliphatic heterocycles. The number of rotatable bonds is 4. The highest BCUT2D eigenvalue weighted by molar-refractivity contribution is 5.72. The Labute approximate surface area is 123 Å². The van der Waals surface area contributed by atoms with Gasteiger partial charge in [-0.3, -0.25) is 0 Å². The molecule has 4 heteroatoms. The molecular formula is C16H31N3O. The summed E-state index contributed by atoms with van der Waals surface area (Å²) in [5.74, 6) is 1.21. The van der Waals surface area contributed by atoms with Crippen LogP contribution in [0.1, 0.15) is 64.7 Å². The minimum absolute atomic E-state index is 0.141. The summed E-state index contributed by atoms with van der Waals surface area (Å²) in [4.78, 5) is 13.6. The van der Waals surface area contributed by atoms with Crippen LogP contribution < -0.4 is 11.5 Å². The Kier molecular flexibility index (Phi) is 5.70. The largest absolute Gasteiger partial charge is 0.351 e. The number of amides is 2. The van der Waals surface area contributed by atoms with E-state index < -0.39 is 0 Å². The fourth-order valence-electron chi connectivity index (χ4n) is 4.21. The highest BCUT2D eigenvalue weighted by atomic mass is 16.2. The van der Waals surface area contributed by atoms with Gasteiger partial charge in [0.1, 0.15) is 0 Å². The Bertz CT molecular complexity index is 313. The van der Waals surface area contributed by atoms with E-state index in [2.05, 4.69) is 6.92 Å². The van der Waals surface area contributed by atoms with Crippen LogP contribution in [0.25, 0.3) is 0 Å². The lowest BCUT2D eigenvalue weighted by atomic mass is 9.76. The zero-order valence-electron chi connectivity index (χ0n) is 12.9. The molecule has 0 radical (unpaired) electrons.